The van der Waals surface area contributed by atoms with Crippen molar-refractivity contribution in [3.05, 3.63) is 34.7 Å². The van der Waals surface area contributed by atoms with Gasteiger partial charge in [-0.1, -0.05) is 27.3 Å². The lowest BCUT2D eigenvalue weighted by Crippen LogP contribution is -1.78. The van der Waals surface area contributed by atoms with Gasteiger partial charge >= 0.3 is 0 Å². The number of hydrogen-bond acceptors (Lipinski definition) is 3. The van der Waals surface area contributed by atoms with E-state index in [2.05, 4.69) is 20.9 Å². The zero-order chi connectivity index (χ0) is 10.1. The number of hydrogen-bond donors (Lipinski definition) is 1. The molecule has 14 heavy (non-hydrogen) atoms. The first-order valence-electron chi connectivity index (χ1n) is 3.83. The minimum absolute atomic E-state index is 0.268. The van der Waals surface area contributed by atoms with E-state index in [1.165, 1.54) is 23.5 Å². The van der Waals surface area contributed by atoms with Crippen molar-refractivity contribution in [2.45, 2.75) is 0 Å². The molecule has 1 aromatic carbocycles. The molecule has 2 rings (SSSR count). The predicted molar refractivity (Wildman–Crippen MR) is 59.6 cm³/mol. The predicted octanol–water partition coefficient (Wildman–Crippen LogP) is 3.29. The number of nitrogens with two attached hydrogens (primary N) is 1. The van der Waals surface area contributed by atoms with Crippen LogP contribution in [0, 0.1) is 5.82 Å². The van der Waals surface area contributed by atoms with E-state index >= 15 is 0 Å². The molecule has 0 fully saturated rings. The molecule has 0 radical (unpaired) electrons. The summed E-state index contributed by atoms with van der Waals surface area (Å²) in [5.74, 6) is -0.268. The van der Waals surface area contributed by atoms with Crippen LogP contribution in [0.4, 0.5) is 9.52 Å². The molecule has 0 unspecified atom stereocenters. The minimum atomic E-state index is -0.268. The summed E-state index contributed by atoms with van der Waals surface area (Å²) in [6.07, 6.45) is 1.64. The van der Waals surface area contributed by atoms with Gasteiger partial charge in [-0.25, -0.2) is 9.37 Å². The molecule has 72 valence electrons. The van der Waals surface area contributed by atoms with Gasteiger partial charge in [-0.15, -0.1) is 0 Å². The van der Waals surface area contributed by atoms with Crippen LogP contribution >= 0.6 is 27.3 Å². The van der Waals surface area contributed by atoms with Gasteiger partial charge in [0.05, 0.1) is 4.88 Å². The summed E-state index contributed by atoms with van der Waals surface area (Å²) in [6, 6.07) is 4.52. The Morgan fingerprint density at radius 3 is 2.86 bits per heavy atom. The Bertz CT molecular complexity index is 470. The molecule has 2 aromatic rings. The lowest BCUT2D eigenvalue weighted by molar-refractivity contribution is 0.628. The minimum Gasteiger partial charge on any atom is -0.375 e. The van der Waals surface area contributed by atoms with Crippen LogP contribution in [-0.4, -0.2) is 4.98 Å². The molecule has 0 aliphatic heterocycles. The van der Waals surface area contributed by atoms with Gasteiger partial charge in [-0.05, 0) is 18.2 Å². The van der Waals surface area contributed by atoms with Crippen LogP contribution in [0.1, 0.15) is 0 Å². The second-order valence-electron chi connectivity index (χ2n) is 2.69. The van der Waals surface area contributed by atoms with Crippen molar-refractivity contribution in [1.82, 2.24) is 4.98 Å². The van der Waals surface area contributed by atoms with Gasteiger partial charge in [0.25, 0.3) is 0 Å². The third-order valence-electron chi connectivity index (χ3n) is 1.72. The molecule has 0 saturated carbocycles. The highest BCUT2D eigenvalue weighted by Gasteiger charge is 2.07. The highest BCUT2D eigenvalue weighted by molar-refractivity contribution is 9.10. The Morgan fingerprint density at radius 1 is 1.43 bits per heavy atom. The van der Waals surface area contributed by atoms with E-state index in [9.17, 15) is 4.39 Å². The second-order valence-corrected chi connectivity index (χ2v) is 4.60. The second kappa shape index (κ2) is 3.67. The first-order chi connectivity index (χ1) is 6.66. The quantitative estimate of drug-likeness (QED) is 0.865. The summed E-state index contributed by atoms with van der Waals surface area (Å²) in [4.78, 5) is 4.77. The van der Waals surface area contributed by atoms with E-state index in [4.69, 9.17) is 5.73 Å². The first kappa shape index (κ1) is 9.61. The molecule has 0 bridgehead atoms. The maximum absolute atomic E-state index is 13.0. The number of benzene rings is 1. The number of aromatic nitrogens is 1. The van der Waals surface area contributed by atoms with E-state index in [1.807, 2.05) is 0 Å². The van der Waals surface area contributed by atoms with Crippen molar-refractivity contribution in [2.24, 2.45) is 0 Å². The molecule has 0 atom stereocenters. The zero-order valence-corrected chi connectivity index (χ0v) is 9.40. The van der Waals surface area contributed by atoms with Crippen LogP contribution < -0.4 is 5.73 Å². The molecule has 0 saturated heterocycles. The molecule has 2 N–H and O–H groups in total. The average Bonchev–Trinajstić information content (AvgIpc) is 2.56. The molecule has 0 spiro atoms. The van der Waals surface area contributed by atoms with E-state index < -0.39 is 0 Å². The molecule has 0 aliphatic rings. The van der Waals surface area contributed by atoms with Crippen molar-refractivity contribution in [3.63, 3.8) is 0 Å². The Kier molecular flexibility index (Phi) is 2.52. The Hall–Kier alpha value is -0.940. The molecular formula is C9H6BrFN2S. The van der Waals surface area contributed by atoms with Crippen LogP contribution in [0.3, 0.4) is 0 Å². The maximum Gasteiger partial charge on any atom is 0.180 e. The van der Waals surface area contributed by atoms with Gasteiger partial charge in [-0.3, -0.25) is 0 Å². The van der Waals surface area contributed by atoms with Gasteiger partial charge in [0, 0.05) is 16.2 Å². The number of anilines is 1. The largest absolute Gasteiger partial charge is 0.375 e. The van der Waals surface area contributed by atoms with Crippen molar-refractivity contribution < 1.29 is 4.39 Å². The topological polar surface area (TPSA) is 38.9 Å². The molecule has 1 aromatic heterocycles. The Labute approximate surface area is 92.7 Å². The number of halogens is 2. The van der Waals surface area contributed by atoms with Gasteiger partial charge < -0.3 is 5.73 Å². The summed E-state index contributed by atoms with van der Waals surface area (Å²) in [5, 5.41) is 0.483. The van der Waals surface area contributed by atoms with Gasteiger partial charge in [0.15, 0.2) is 5.13 Å². The van der Waals surface area contributed by atoms with Crippen molar-refractivity contribution >= 4 is 32.4 Å². The SMILES string of the molecule is Nc1ncc(-c2cc(F)ccc2Br)s1. The van der Waals surface area contributed by atoms with Crippen LogP contribution in [0.25, 0.3) is 10.4 Å². The fourth-order valence-corrected chi connectivity index (χ4v) is 2.40. The molecule has 0 aliphatic carbocycles. The summed E-state index contributed by atoms with van der Waals surface area (Å²) in [7, 11) is 0. The Balaban J connectivity index is 2.55. The third-order valence-corrected chi connectivity index (χ3v) is 3.27. The number of thiazole rings is 1. The molecule has 2 nitrogen and oxygen atoms in total. The van der Waals surface area contributed by atoms with Crippen molar-refractivity contribution in [1.29, 1.82) is 0 Å². The number of rotatable bonds is 1. The normalized spacial score (nSPS) is 10.4. The zero-order valence-electron chi connectivity index (χ0n) is 7.00. The van der Waals surface area contributed by atoms with Crippen LogP contribution in [-0.2, 0) is 0 Å². The van der Waals surface area contributed by atoms with Crippen LogP contribution in [0.5, 0.6) is 0 Å². The summed E-state index contributed by atoms with van der Waals surface area (Å²) in [6.45, 7) is 0. The van der Waals surface area contributed by atoms with E-state index in [0.29, 0.717) is 5.13 Å². The lowest BCUT2D eigenvalue weighted by atomic mass is 10.2. The summed E-state index contributed by atoms with van der Waals surface area (Å²) >= 11 is 4.68. The maximum atomic E-state index is 13.0. The summed E-state index contributed by atoms with van der Waals surface area (Å²) in [5.41, 5.74) is 6.28. The standard InChI is InChI=1S/C9H6BrFN2S/c10-7-2-1-5(11)3-6(7)8-4-13-9(12)14-8/h1-4H,(H2,12,13). The molecule has 1 heterocycles. The lowest BCUT2D eigenvalue weighted by Gasteiger charge is -2.00. The van der Waals surface area contributed by atoms with E-state index in [-0.39, 0.29) is 5.82 Å². The number of nitrogens with zero attached hydrogens (tertiary/aromatic N) is 1. The van der Waals surface area contributed by atoms with Crippen LogP contribution in [0.15, 0.2) is 28.9 Å². The highest BCUT2D eigenvalue weighted by atomic mass is 79.9. The highest BCUT2D eigenvalue weighted by Crippen LogP contribution is 2.33. The summed E-state index contributed by atoms with van der Waals surface area (Å²) < 4.78 is 13.8. The third kappa shape index (κ3) is 1.78. The van der Waals surface area contributed by atoms with E-state index in [1.54, 1.807) is 12.3 Å². The average molecular weight is 273 g/mol. The molecular weight excluding hydrogens is 267 g/mol. The van der Waals surface area contributed by atoms with E-state index in [0.717, 1.165) is 14.9 Å². The van der Waals surface area contributed by atoms with Crippen molar-refractivity contribution in [2.75, 3.05) is 5.73 Å². The smallest absolute Gasteiger partial charge is 0.180 e. The fraction of sp³-hybridized carbons (Fsp3) is 0. The van der Waals surface area contributed by atoms with Gasteiger partial charge in [-0.2, -0.15) is 0 Å². The van der Waals surface area contributed by atoms with Crippen LogP contribution in [0.2, 0.25) is 0 Å². The fourth-order valence-electron chi connectivity index (χ4n) is 1.10. The molecule has 0 amide bonds. The first-order valence-corrected chi connectivity index (χ1v) is 5.44. The monoisotopic (exact) mass is 272 g/mol. The van der Waals surface area contributed by atoms with Crippen molar-refractivity contribution in [3.8, 4) is 10.4 Å². The van der Waals surface area contributed by atoms with Gasteiger partial charge in [0.2, 0.25) is 0 Å². The Morgan fingerprint density at radius 2 is 2.21 bits per heavy atom. The number of nitrogen functional groups attached to an aromatic ring is 1. The molecule has 5 heteroatoms. The van der Waals surface area contributed by atoms with Gasteiger partial charge in [0.1, 0.15) is 5.82 Å².